The molecular formula is C12H26N2O2. The summed E-state index contributed by atoms with van der Waals surface area (Å²) in [4.78, 5) is 11.6. The molecular weight excluding hydrogens is 204 g/mol. The topological polar surface area (TPSA) is 75.4 Å². The SMILES string of the molecule is CC[C@H](C)[C@H](N)C(=O)NCCCC(C)CO. The Morgan fingerprint density at radius 2 is 2.06 bits per heavy atom. The van der Waals surface area contributed by atoms with Gasteiger partial charge in [0.25, 0.3) is 0 Å². The average Bonchev–Trinajstić information content (AvgIpc) is 2.31. The molecule has 0 aliphatic rings. The molecule has 0 heterocycles. The van der Waals surface area contributed by atoms with Crippen molar-refractivity contribution in [2.24, 2.45) is 17.6 Å². The molecule has 4 heteroatoms. The molecule has 0 rings (SSSR count). The molecule has 0 aliphatic carbocycles. The normalized spacial score (nSPS) is 16.6. The zero-order valence-corrected chi connectivity index (χ0v) is 10.7. The summed E-state index contributed by atoms with van der Waals surface area (Å²) < 4.78 is 0. The van der Waals surface area contributed by atoms with Gasteiger partial charge in [-0.2, -0.15) is 0 Å². The van der Waals surface area contributed by atoms with Crippen molar-refractivity contribution in [3.63, 3.8) is 0 Å². The molecule has 0 bridgehead atoms. The van der Waals surface area contributed by atoms with Gasteiger partial charge in [-0.15, -0.1) is 0 Å². The third kappa shape index (κ3) is 6.08. The number of aliphatic hydroxyl groups excluding tert-OH is 1. The highest BCUT2D eigenvalue weighted by atomic mass is 16.3. The summed E-state index contributed by atoms with van der Waals surface area (Å²) in [7, 11) is 0. The van der Waals surface area contributed by atoms with E-state index in [4.69, 9.17) is 10.8 Å². The van der Waals surface area contributed by atoms with Crippen LogP contribution in [-0.2, 0) is 4.79 Å². The second-order valence-corrected chi connectivity index (χ2v) is 4.63. The number of rotatable bonds is 8. The largest absolute Gasteiger partial charge is 0.396 e. The minimum Gasteiger partial charge on any atom is -0.396 e. The highest BCUT2D eigenvalue weighted by molar-refractivity contribution is 5.81. The van der Waals surface area contributed by atoms with Gasteiger partial charge in [-0.1, -0.05) is 27.2 Å². The van der Waals surface area contributed by atoms with Crippen molar-refractivity contribution in [3.05, 3.63) is 0 Å². The number of nitrogens with two attached hydrogens (primary N) is 1. The van der Waals surface area contributed by atoms with Gasteiger partial charge in [0.05, 0.1) is 6.04 Å². The Hall–Kier alpha value is -0.610. The number of aliphatic hydroxyl groups is 1. The van der Waals surface area contributed by atoms with E-state index in [1.54, 1.807) is 0 Å². The van der Waals surface area contributed by atoms with Gasteiger partial charge in [0.2, 0.25) is 5.91 Å². The van der Waals surface area contributed by atoms with Crippen LogP contribution in [-0.4, -0.2) is 30.2 Å². The molecule has 0 saturated heterocycles. The van der Waals surface area contributed by atoms with Crippen LogP contribution in [0.15, 0.2) is 0 Å². The third-order valence-corrected chi connectivity index (χ3v) is 3.04. The number of amides is 1. The Bertz CT molecular complexity index is 197. The van der Waals surface area contributed by atoms with Crippen molar-refractivity contribution < 1.29 is 9.90 Å². The minimum atomic E-state index is -0.403. The molecule has 0 radical (unpaired) electrons. The Balaban J connectivity index is 3.65. The molecule has 0 spiro atoms. The highest BCUT2D eigenvalue weighted by Crippen LogP contribution is 2.06. The highest BCUT2D eigenvalue weighted by Gasteiger charge is 2.18. The first-order valence-electron chi connectivity index (χ1n) is 6.17. The van der Waals surface area contributed by atoms with Crippen LogP contribution in [0.1, 0.15) is 40.0 Å². The van der Waals surface area contributed by atoms with Gasteiger partial charge < -0.3 is 16.2 Å². The second kappa shape index (κ2) is 8.53. The lowest BCUT2D eigenvalue weighted by atomic mass is 9.99. The summed E-state index contributed by atoms with van der Waals surface area (Å²) in [6.07, 6.45) is 2.73. The molecule has 3 atom stereocenters. The zero-order chi connectivity index (χ0) is 12.6. The van der Waals surface area contributed by atoms with Gasteiger partial charge >= 0.3 is 0 Å². The molecule has 1 amide bonds. The van der Waals surface area contributed by atoms with Gasteiger partial charge in [-0.3, -0.25) is 4.79 Å². The Morgan fingerprint density at radius 3 is 2.56 bits per heavy atom. The molecule has 16 heavy (non-hydrogen) atoms. The fraction of sp³-hybridized carbons (Fsp3) is 0.917. The fourth-order valence-corrected chi connectivity index (χ4v) is 1.38. The maximum absolute atomic E-state index is 11.6. The van der Waals surface area contributed by atoms with E-state index in [-0.39, 0.29) is 18.4 Å². The molecule has 0 fully saturated rings. The molecule has 0 aliphatic heterocycles. The minimum absolute atomic E-state index is 0.0639. The first-order valence-corrected chi connectivity index (χ1v) is 6.17. The number of hydrogen-bond donors (Lipinski definition) is 3. The first-order chi connectivity index (χ1) is 7.52. The lowest BCUT2D eigenvalue weighted by Crippen LogP contribution is -2.44. The molecule has 0 aromatic heterocycles. The second-order valence-electron chi connectivity index (χ2n) is 4.63. The monoisotopic (exact) mass is 230 g/mol. The molecule has 1 unspecified atom stereocenters. The molecule has 4 nitrogen and oxygen atoms in total. The Kier molecular flexibility index (Phi) is 8.21. The van der Waals surface area contributed by atoms with Gasteiger partial charge in [-0.05, 0) is 24.7 Å². The summed E-state index contributed by atoms with van der Waals surface area (Å²) in [5, 5.41) is 11.7. The van der Waals surface area contributed by atoms with Crippen LogP contribution >= 0.6 is 0 Å². The van der Waals surface area contributed by atoms with Crippen LogP contribution in [0.25, 0.3) is 0 Å². The Morgan fingerprint density at radius 1 is 1.44 bits per heavy atom. The van der Waals surface area contributed by atoms with Gasteiger partial charge in [0.1, 0.15) is 0 Å². The number of carbonyl (C=O) groups excluding carboxylic acids is 1. The standard InChI is InChI=1S/C12H26N2O2/c1-4-10(3)11(13)12(16)14-7-5-6-9(2)8-15/h9-11,15H,4-8,13H2,1-3H3,(H,14,16)/t9?,10-,11-/m0/s1. The maximum atomic E-state index is 11.6. The summed E-state index contributed by atoms with van der Waals surface area (Å²) in [5.41, 5.74) is 5.79. The number of nitrogens with one attached hydrogen (secondary N) is 1. The average molecular weight is 230 g/mol. The number of carbonyl (C=O) groups is 1. The van der Waals surface area contributed by atoms with Crippen molar-refractivity contribution in [1.82, 2.24) is 5.32 Å². The first kappa shape index (κ1) is 15.4. The molecule has 4 N–H and O–H groups in total. The van der Waals surface area contributed by atoms with E-state index < -0.39 is 6.04 Å². The van der Waals surface area contributed by atoms with Gasteiger partial charge in [0, 0.05) is 13.2 Å². The van der Waals surface area contributed by atoms with Crippen molar-refractivity contribution in [3.8, 4) is 0 Å². The Labute approximate surface area is 98.6 Å². The fourth-order valence-electron chi connectivity index (χ4n) is 1.38. The van der Waals surface area contributed by atoms with Crippen LogP contribution in [0.4, 0.5) is 0 Å². The van der Waals surface area contributed by atoms with Crippen LogP contribution in [0, 0.1) is 11.8 Å². The lowest BCUT2D eigenvalue weighted by Gasteiger charge is -2.17. The molecule has 96 valence electrons. The van der Waals surface area contributed by atoms with Crippen LogP contribution in [0.3, 0.4) is 0 Å². The lowest BCUT2D eigenvalue weighted by molar-refractivity contribution is -0.123. The van der Waals surface area contributed by atoms with E-state index in [1.807, 2.05) is 20.8 Å². The predicted octanol–water partition coefficient (Wildman–Crippen LogP) is 0.885. The van der Waals surface area contributed by atoms with E-state index in [9.17, 15) is 4.79 Å². The predicted molar refractivity (Wildman–Crippen MR) is 65.9 cm³/mol. The van der Waals surface area contributed by atoms with E-state index in [0.29, 0.717) is 12.5 Å². The van der Waals surface area contributed by atoms with E-state index in [0.717, 1.165) is 19.3 Å². The molecule has 0 aromatic rings. The summed E-state index contributed by atoms with van der Waals surface area (Å²) >= 11 is 0. The quantitative estimate of drug-likeness (QED) is 0.542. The van der Waals surface area contributed by atoms with E-state index >= 15 is 0 Å². The van der Waals surface area contributed by atoms with Gasteiger partial charge in [-0.25, -0.2) is 0 Å². The smallest absolute Gasteiger partial charge is 0.237 e. The molecule has 0 aromatic carbocycles. The van der Waals surface area contributed by atoms with Crippen LogP contribution in [0.5, 0.6) is 0 Å². The zero-order valence-electron chi connectivity index (χ0n) is 10.7. The van der Waals surface area contributed by atoms with Crippen molar-refractivity contribution in [2.75, 3.05) is 13.2 Å². The van der Waals surface area contributed by atoms with E-state index in [2.05, 4.69) is 5.32 Å². The summed E-state index contributed by atoms with van der Waals surface area (Å²) in [5.74, 6) is 0.461. The summed E-state index contributed by atoms with van der Waals surface area (Å²) in [6, 6.07) is -0.403. The maximum Gasteiger partial charge on any atom is 0.237 e. The van der Waals surface area contributed by atoms with E-state index in [1.165, 1.54) is 0 Å². The third-order valence-electron chi connectivity index (χ3n) is 3.04. The van der Waals surface area contributed by atoms with Crippen molar-refractivity contribution >= 4 is 5.91 Å². The summed E-state index contributed by atoms with van der Waals surface area (Å²) in [6.45, 7) is 6.86. The van der Waals surface area contributed by atoms with Gasteiger partial charge in [0.15, 0.2) is 0 Å². The number of hydrogen-bond acceptors (Lipinski definition) is 3. The van der Waals surface area contributed by atoms with Crippen LogP contribution in [0.2, 0.25) is 0 Å². The van der Waals surface area contributed by atoms with Crippen molar-refractivity contribution in [2.45, 2.75) is 46.1 Å². The van der Waals surface area contributed by atoms with Crippen LogP contribution < -0.4 is 11.1 Å². The van der Waals surface area contributed by atoms with Crippen molar-refractivity contribution in [1.29, 1.82) is 0 Å². The molecule has 0 saturated carbocycles.